The molecule has 108 valence electrons. The van der Waals surface area contributed by atoms with Gasteiger partial charge in [-0.3, -0.25) is 0 Å². The van der Waals surface area contributed by atoms with Gasteiger partial charge in [0.1, 0.15) is 11.3 Å². The van der Waals surface area contributed by atoms with E-state index in [-0.39, 0.29) is 0 Å². The van der Waals surface area contributed by atoms with Crippen molar-refractivity contribution in [1.29, 1.82) is 0 Å². The van der Waals surface area contributed by atoms with Crippen molar-refractivity contribution >= 4 is 22.8 Å². The van der Waals surface area contributed by atoms with Gasteiger partial charge in [-0.15, -0.1) is 11.6 Å². The summed E-state index contributed by atoms with van der Waals surface area (Å²) < 4.78 is 2.32. The largest absolute Gasteiger partial charge is 0.308 e. The van der Waals surface area contributed by atoms with Crippen molar-refractivity contribution in [3.05, 3.63) is 23.7 Å². The zero-order valence-electron chi connectivity index (χ0n) is 12.3. The zero-order chi connectivity index (χ0) is 14.1. The van der Waals surface area contributed by atoms with E-state index in [1.165, 1.54) is 32.1 Å². The number of fused-ring (bicyclic) bond motifs is 1. The molecule has 1 aliphatic rings. The molecule has 0 saturated heterocycles. The highest BCUT2D eigenvalue weighted by Crippen LogP contribution is 2.35. The van der Waals surface area contributed by atoms with Crippen molar-refractivity contribution in [3.8, 4) is 0 Å². The Bertz CT molecular complexity index is 605. The summed E-state index contributed by atoms with van der Waals surface area (Å²) in [6, 6.07) is 4.57. The normalized spacial score (nSPS) is 23.9. The first-order valence-corrected chi connectivity index (χ1v) is 8.14. The van der Waals surface area contributed by atoms with E-state index < -0.39 is 0 Å². The van der Waals surface area contributed by atoms with Crippen LogP contribution in [0.5, 0.6) is 0 Å². The second-order valence-corrected chi connectivity index (χ2v) is 6.28. The van der Waals surface area contributed by atoms with E-state index in [1.807, 2.05) is 13.0 Å². The topological polar surface area (TPSA) is 30.7 Å². The van der Waals surface area contributed by atoms with Crippen molar-refractivity contribution in [2.75, 3.05) is 0 Å². The summed E-state index contributed by atoms with van der Waals surface area (Å²) in [6.45, 7) is 4.39. The van der Waals surface area contributed by atoms with Crippen LogP contribution in [0.3, 0.4) is 0 Å². The molecule has 20 heavy (non-hydrogen) atoms. The Hall–Kier alpha value is -1.09. The monoisotopic (exact) mass is 291 g/mol. The molecule has 2 heterocycles. The maximum absolute atomic E-state index is 6.14. The van der Waals surface area contributed by atoms with E-state index in [1.54, 1.807) is 0 Å². The molecular formula is C16H22ClN3. The third kappa shape index (κ3) is 2.44. The van der Waals surface area contributed by atoms with Gasteiger partial charge in [0, 0.05) is 11.7 Å². The fourth-order valence-electron chi connectivity index (χ4n) is 3.42. The van der Waals surface area contributed by atoms with Crippen LogP contribution < -0.4 is 0 Å². The Morgan fingerprint density at radius 1 is 1.20 bits per heavy atom. The first-order chi connectivity index (χ1) is 9.70. The van der Waals surface area contributed by atoms with Crippen LogP contribution in [-0.2, 0) is 5.88 Å². The number of imidazole rings is 1. The molecule has 3 nitrogen and oxygen atoms in total. The molecule has 1 fully saturated rings. The summed E-state index contributed by atoms with van der Waals surface area (Å²) in [5, 5.41) is 0. The molecule has 0 amide bonds. The van der Waals surface area contributed by atoms with Gasteiger partial charge in [-0.25, -0.2) is 9.97 Å². The van der Waals surface area contributed by atoms with Crippen LogP contribution in [0, 0.1) is 12.8 Å². The number of hydrogen-bond acceptors (Lipinski definition) is 2. The van der Waals surface area contributed by atoms with Crippen LogP contribution in [-0.4, -0.2) is 14.5 Å². The third-order valence-corrected chi connectivity index (χ3v) is 4.76. The highest BCUT2D eigenvalue weighted by atomic mass is 35.5. The number of hydrogen-bond donors (Lipinski definition) is 0. The predicted molar refractivity (Wildman–Crippen MR) is 83.1 cm³/mol. The number of nitrogens with zero attached hydrogens (tertiary/aromatic N) is 3. The average molecular weight is 292 g/mol. The lowest BCUT2D eigenvalue weighted by atomic mass is 9.96. The molecule has 0 radical (unpaired) electrons. The summed E-state index contributed by atoms with van der Waals surface area (Å²) in [7, 11) is 0. The molecule has 1 aliphatic carbocycles. The van der Waals surface area contributed by atoms with Crippen LogP contribution in [0.25, 0.3) is 11.2 Å². The lowest BCUT2D eigenvalue weighted by Gasteiger charge is -2.25. The number of pyridine rings is 1. The van der Waals surface area contributed by atoms with Gasteiger partial charge in [0.25, 0.3) is 0 Å². The maximum atomic E-state index is 6.14. The van der Waals surface area contributed by atoms with Crippen molar-refractivity contribution in [1.82, 2.24) is 14.5 Å². The number of alkyl halides is 1. The van der Waals surface area contributed by atoms with Gasteiger partial charge in [0.05, 0.1) is 5.88 Å². The molecule has 0 aliphatic heterocycles. The average Bonchev–Trinajstić information content (AvgIpc) is 2.66. The Kier molecular flexibility index (Phi) is 3.97. The molecule has 3 rings (SSSR count). The molecule has 0 N–H and O–H groups in total. The van der Waals surface area contributed by atoms with E-state index in [9.17, 15) is 0 Å². The number of halogens is 1. The van der Waals surface area contributed by atoms with E-state index in [2.05, 4.69) is 22.5 Å². The fraction of sp³-hybridized carbons (Fsp3) is 0.625. The summed E-state index contributed by atoms with van der Waals surface area (Å²) in [5.41, 5.74) is 3.03. The van der Waals surface area contributed by atoms with Crippen LogP contribution in [0.4, 0.5) is 0 Å². The molecular weight excluding hydrogens is 270 g/mol. The molecule has 4 heteroatoms. The highest BCUT2D eigenvalue weighted by Gasteiger charge is 2.26. The summed E-state index contributed by atoms with van der Waals surface area (Å²) in [6.07, 6.45) is 6.48. The van der Waals surface area contributed by atoms with Crippen LogP contribution in [0.1, 0.15) is 56.6 Å². The molecule has 2 aromatic rings. The van der Waals surface area contributed by atoms with Gasteiger partial charge in [-0.2, -0.15) is 0 Å². The standard InChI is InChI=1S/C16H22ClN3/c1-11-6-4-3-5-7-14(11)20-15(10-17)19-13-9-8-12(2)18-16(13)20/h8-9,11,14H,3-7,10H2,1-2H3. The second-order valence-electron chi connectivity index (χ2n) is 6.01. The molecule has 1 saturated carbocycles. The lowest BCUT2D eigenvalue weighted by molar-refractivity contribution is 0.334. The van der Waals surface area contributed by atoms with Crippen molar-refractivity contribution < 1.29 is 0 Å². The molecule has 2 aromatic heterocycles. The van der Waals surface area contributed by atoms with Gasteiger partial charge < -0.3 is 4.57 Å². The molecule has 2 unspecified atom stereocenters. The Morgan fingerprint density at radius 2 is 2.00 bits per heavy atom. The first-order valence-electron chi connectivity index (χ1n) is 7.61. The van der Waals surface area contributed by atoms with Gasteiger partial charge >= 0.3 is 0 Å². The van der Waals surface area contributed by atoms with Gasteiger partial charge in [-0.1, -0.05) is 26.2 Å². The highest BCUT2D eigenvalue weighted by molar-refractivity contribution is 6.16. The Morgan fingerprint density at radius 3 is 2.80 bits per heavy atom. The lowest BCUT2D eigenvalue weighted by Crippen LogP contribution is -2.18. The van der Waals surface area contributed by atoms with Crippen molar-refractivity contribution in [2.45, 2.75) is 57.9 Å². The van der Waals surface area contributed by atoms with Crippen LogP contribution in [0.15, 0.2) is 12.1 Å². The smallest absolute Gasteiger partial charge is 0.160 e. The van der Waals surface area contributed by atoms with Crippen molar-refractivity contribution in [3.63, 3.8) is 0 Å². The third-order valence-electron chi connectivity index (χ3n) is 4.52. The van der Waals surface area contributed by atoms with E-state index in [0.717, 1.165) is 22.7 Å². The van der Waals surface area contributed by atoms with E-state index in [0.29, 0.717) is 17.8 Å². The number of rotatable bonds is 2. The quantitative estimate of drug-likeness (QED) is 0.597. The van der Waals surface area contributed by atoms with Gasteiger partial charge in [-0.05, 0) is 37.8 Å². The fourth-order valence-corrected chi connectivity index (χ4v) is 3.60. The van der Waals surface area contributed by atoms with Crippen molar-refractivity contribution in [2.24, 2.45) is 5.92 Å². The first kappa shape index (κ1) is 13.9. The van der Waals surface area contributed by atoms with Gasteiger partial charge in [0.15, 0.2) is 5.65 Å². The zero-order valence-corrected chi connectivity index (χ0v) is 13.0. The molecule has 2 atom stereocenters. The summed E-state index contributed by atoms with van der Waals surface area (Å²) in [4.78, 5) is 9.41. The Balaban J connectivity index is 2.14. The summed E-state index contributed by atoms with van der Waals surface area (Å²) >= 11 is 6.14. The van der Waals surface area contributed by atoms with E-state index in [4.69, 9.17) is 16.6 Å². The van der Waals surface area contributed by atoms with E-state index >= 15 is 0 Å². The summed E-state index contributed by atoms with van der Waals surface area (Å²) in [5.74, 6) is 2.09. The van der Waals surface area contributed by atoms with Gasteiger partial charge in [0.2, 0.25) is 0 Å². The SMILES string of the molecule is Cc1ccc2nc(CCl)n(C3CCCCCC3C)c2n1. The minimum atomic E-state index is 0.457. The minimum absolute atomic E-state index is 0.457. The number of aryl methyl sites for hydroxylation is 1. The number of aromatic nitrogens is 3. The maximum Gasteiger partial charge on any atom is 0.160 e. The molecule has 0 aromatic carbocycles. The van der Waals surface area contributed by atoms with Crippen LogP contribution >= 0.6 is 11.6 Å². The second kappa shape index (κ2) is 5.72. The molecule has 0 bridgehead atoms. The predicted octanol–water partition coefficient (Wildman–Crippen LogP) is 4.62. The molecule has 0 spiro atoms. The van der Waals surface area contributed by atoms with Crippen LogP contribution in [0.2, 0.25) is 0 Å². The Labute approximate surface area is 125 Å². The minimum Gasteiger partial charge on any atom is -0.308 e.